The van der Waals surface area contributed by atoms with E-state index >= 15 is 0 Å². The van der Waals surface area contributed by atoms with Crippen molar-refractivity contribution in [2.45, 2.75) is 39.5 Å². The lowest BCUT2D eigenvalue weighted by Crippen LogP contribution is -2.32. The third-order valence-corrected chi connectivity index (χ3v) is 2.35. The second-order valence-electron chi connectivity index (χ2n) is 5.05. The van der Waals surface area contributed by atoms with E-state index in [9.17, 15) is 13.2 Å². The first kappa shape index (κ1) is 16.4. The molecule has 0 spiro atoms. The number of hydrogen-bond acceptors (Lipinski definition) is 7. The molecule has 0 aliphatic heterocycles. The molecular weight excluding hydrogens is 288 g/mol. The summed E-state index contributed by atoms with van der Waals surface area (Å²) in [5, 5.41) is 2.46. The Morgan fingerprint density at radius 2 is 2.10 bits per heavy atom. The quantitative estimate of drug-likeness (QED) is 0.813. The number of alkyl carbamates (subject to hydrolysis) is 1. The molecule has 1 heterocycles. The molecule has 0 aliphatic carbocycles. The van der Waals surface area contributed by atoms with E-state index in [0.717, 1.165) is 6.26 Å². The monoisotopic (exact) mass is 306 g/mol. The fourth-order valence-corrected chi connectivity index (χ4v) is 1.46. The lowest BCUT2D eigenvalue weighted by Gasteiger charge is -2.19. The van der Waals surface area contributed by atoms with Crippen molar-refractivity contribution in [3.63, 3.8) is 0 Å². The van der Waals surface area contributed by atoms with E-state index in [0.29, 0.717) is 5.69 Å². The summed E-state index contributed by atoms with van der Waals surface area (Å²) in [5.41, 5.74) is -0.272. The lowest BCUT2D eigenvalue weighted by molar-refractivity contribution is 0.0519. The highest BCUT2D eigenvalue weighted by molar-refractivity contribution is 7.85. The van der Waals surface area contributed by atoms with Crippen LogP contribution in [0.15, 0.2) is 10.7 Å². The summed E-state index contributed by atoms with van der Waals surface area (Å²) in [6, 6.07) is 0. The average molecular weight is 306 g/mol. The number of nitrogens with zero attached hydrogens (tertiary/aromatic N) is 1. The minimum atomic E-state index is -3.53. The number of oxazole rings is 1. The summed E-state index contributed by atoms with van der Waals surface area (Å²) < 4.78 is 36.3. The fraction of sp³-hybridized carbons (Fsp3) is 0.636. The van der Waals surface area contributed by atoms with Crippen molar-refractivity contribution in [1.29, 1.82) is 0 Å². The zero-order chi connectivity index (χ0) is 15.4. The molecule has 0 atom stereocenters. The van der Waals surface area contributed by atoms with Gasteiger partial charge in [0.05, 0.1) is 12.8 Å². The van der Waals surface area contributed by atoms with Crippen molar-refractivity contribution in [1.82, 2.24) is 10.3 Å². The first-order valence-corrected chi connectivity index (χ1v) is 7.61. The molecule has 0 saturated carbocycles. The minimum absolute atomic E-state index is 0.0355. The number of rotatable bonds is 5. The van der Waals surface area contributed by atoms with Gasteiger partial charge in [0.2, 0.25) is 5.89 Å². The Morgan fingerprint density at radius 1 is 1.45 bits per heavy atom. The van der Waals surface area contributed by atoms with E-state index in [4.69, 9.17) is 9.15 Å². The third kappa shape index (κ3) is 7.10. The number of carbonyl (C=O) groups is 1. The summed E-state index contributed by atoms with van der Waals surface area (Å²) in [6.45, 7) is 5.07. The van der Waals surface area contributed by atoms with Crippen LogP contribution in [0.4, 0.5) is 4.79 Å². The van der Waals surface area contributed by atoms with E-state index in [2.05, 4.69) is 14.5 Å². The van der Waals surface area contributed by atoms with Gasteiger partial charge in [-0.05, 0) is 20.8 Å². The molecule has 20 heavy (non-hydrogen) atoms. The van der Waals surface area contributed by atoms with Crippen molar-refractivity contribution in [2.75, 3.05) is 6.26 Å². The van der Waals surface area contributed by atoms with Crippen molar-refractivity contribution < 1.29 is 26.5 Å². The van der Waals surface area contributed by atoms with Crippen molar-refractivity contribution in [3.05, 3.63) is 17.8 Å². The van der Waals surface area contributed by atoms with Crippen molar-refractivity contribution in [2.24, 2.45) is 0 Å². The molecule has 1 rings (SSSR count). The number of amides is 1. The fourth-order valence-electron chi connectivity index (χ4n) is 1.13. The van der Waals surface area contributed by atoms with E-state index in [-0.39, 0.29) is 19.0 Å². The van der Waals surface area contributed by atoms with Crippen LogP contribution in [0.5, 0.6) is 0 Å². The van der Waals surface area contributed by atoms with Crippen LogP contribution >= 0.6 is 0 Å². The molecule has 1 amide bonds. The summed E-state index contributed by atoms with van der Waals surface area (Å²) >= 11 is 0. The predicted molar refractivity (Wildman–Crippen MR) is 69.2 cm³/mol. The first-order chi connectivity index (χ1) is 9.05. The zero-order valence-electron chi connectivity index (χ0n) is 11.8. The van der Waals surface area contributed by atoms with E-state index in [1.807, 2.05) is 0 Å². The van der Waals surface area contributed by atoms with Gasteiger partial charge in [-0.1, -0.05) is 0 Å². The van der Waals surface area contributed by atoms with E-state index in [1.54, 1.807) is 20.8 Å². The van der Waals surface area contributed by atoms with Gasteiger partial charge in [-0.25, -0.2) is 9.78 Å². The maximum absolute atomic E-state index is 11.4. The number of aromatic nitrogens is 1. The Hall–Kier alpha value is -1.61. The van der Waals surface area contributed by atoms with Gasteiger partial charge in [0.1, 0.15) is 24.2 Å². The third-order valence-electron chi connectivity index (χ3n) is 1.80. The number of ether oxygens (including phenoxy) is 1. The molecule has 114 valence electrons. The second kappa shape index (κ2) is 6.23. The number of nitrogens with one attached hydrogen (secondary N) is 1. The maximum Gasteiger partial charge on any atom is 0.408 e. The van der Waals surface area contributed by atoms with Gasteiger partial charge in [-0.3, -0.25) is 4.18 Å². The Balaban J connectivity index is 2.43. The van der Waals surface area contributed by atoms with Crippen LogP contribution in [-0.4, -0.2) is 31.4 Å². The lowest BCUT2D eigenvalue weighted by atomic mass is 10.2. The molecule has 1 aromatic rings. The molecule has 0 fully saturated rings. The molecule has 9 heteroatoms. The molecule has 1 aromatic heterocycles. The highest BCUT2D eigenvalue weighted by Gasteiger charge is 2.16. The van der Waals surface area contributed by atoms with Gasteiger partial charge in [0.15, 0.2) is 0 Å². The normalized spacial score (nSPS) is 12.2. The molecule has 0 bridgehead atoms. The van der Waals surface area contributed by atoms with Crippen LogP contribution in [0, 0.1) is 0 Å². The van der Waals surface area contributed by atoms with E-state index in [1.165, 1.54) is 6.26 Å². The molecule has 0 unspecified atom stereocenters. The van der Waals surface area contributed by atoms with Gasteiger partial charge in [0, 0.05) is 0 Å². The average Bonchev–Trinajstić information content (AvgIpc) is 2.68. The van der Waals surface area contributed by atoms with Gasteiger partial charge in [-0.2, -0.15) is 8.42 Å². The topological polar surface area (TPSA) is 108 Å². The number of hydrogen-bond donors (Lipinski definition) is 1. The summed E-state index contributed by atoms with van der Waals surface area (Å²) in [4.78, 5) is 15.3. The van der Waals surface area contributed by atoms with Crippen LogP contribution in [0.1, 0.15) is 32.4 Å². The predicted octanol–water partition coefficient (Wildman–Crippen LogP) is 1.18. The Bertz CT molecular complexity index is 558. The minimum Gasteiger partial charge on any atom is -0.447 e. The van der Waals surface area contributed by atoms with Gasteiger partial charge >= 0.3 is 6.09 Å². The molecule has 0 saturated heterocycles. The largest absolute Gasteiger partial charge is 0.447 e. The van der Waals surface area contributed by atoms with Crippen molar-refractivity contribution in [3.8, 4) is 0 Å². The van der Waals surface area contributed by atoms with Crippen LogP contribution < -0.4 is 5.32 Å². The van der Waals surface area contributed by atoms with Crippen molar-refractivity contribution >= 4 is 16.2 Å². The zero-order valence-corrected chi connectivity index (χ0v) is 12.6. The molecule has 0 radical (unpaired) electrons. The van der Waals surface area contributed by atoms with Crippen LogP contribution in [0.3, 0.4) is 0 Å². The highest BCUT2D eigenvalue weighted by Crippen LogP contribution is 2.08. The maximum atomic E-state index is 11.4. The molecule has 8 nitrogen and oxygen atoms in total. The second-order valence-corrected chi connectivity index (χ2v) is 6.70. The molecule has 1 N–H and O–H groups in total. The van der Waals surface area contributed by atoms with Crippen LogP contribution in [0.25, 0.3) is 0 Å². The first-order valence-electron chi connectivity index (χ1n) is 5.80. The Kier molecular flexibility index (Phi) is 5.12. The standard InChI is InChI=1S/C11H18N2O6S/c1-11(2,3)19-10(14)12-5-9-13-8(6-17-9)7-18-20(4,15)16/h6H,5,7H2,1-4H3,(H,12,14). The molecule has 0 aliphatic rings. The summed E-state index contributed by atoms with van der Waals surface area (Å²) in [5.74, 6) is 0.225. The van der Waals surface area contributed by atoms with Crippen LogP contribution in [0.2, 0.25) is 0 Å². The highest BCUT2D eigenvalue weighted by atomic mass is 32.2. The summed E-state index contributed by atoms with van der Waals surface area (Å²) in [6.07, 6.45) is 1.61. The molecule has 0 aromatic carbocycles. The van der Waals surface area contributed by atoms with Gasteiger partial charge in [-0.15, -0.1) is 0 Å². The molecular formula is C11H18N2O6S. The Morgan fingerprint density at radius 3 is 2.65 bits per heavy atom. The summed E-state index contributed by atoms with van der Waals surface area (Å²) in [7, 11) is -3.53. The smallest absolute Gasteiger partial charge is 0.408 e. The van der Waals surface area contributed by atoms with E-state index < -0.39 is 21.8 Å². The van der Waals surface area contributed by atoms with Crippen LogP contribution in [-0.2, 0) is 32.2 Å². The van der Waals surface area contributed by atoms with Gasteiger partial charge < -0.3 is 14.5 Å². The number of carbonyl (C=O) groups excluding carboxylic acids is 1. The Labute approximate surface area is 117 Å². The van der Waals surface area contributed by atoms with Gasteiger partial charge in [0.25, 0.3) is 10.1 Å². The SMILES string of the molecule is CC(C)(C)OC(=O)NCc1nc(COS(C)(=O)=O)co1.